The molecule has 2 atom stereocenters. The number of rotatable bonds is 5. The van der Waals surface area contributed by atoms with E-state index in [1.165, 1.54) is 5.01 Å². The minimum absolute atomic E-state index is 0.0553. The van der Waals surface area contributed by atoms with E-state index in [4.69, 9.17) is 32.7 Å². The van der Waals surface area contributed by atoms with Crippen molar-refractivity contribution in [3.63, 3.8) is 0 Å². The number of carbonyl (C=O) groups is 1. The number of halogens is 1. The molecule has 2 aliphatic heterocycles. The molecule has 0 aromatic heterocycles. The first-order valence-corrected chi connectivity index (χ1v) is 10.1. The second-order valence-electron chi connectivity index (χ2n) is 7.80. The predicted molar refractivity (Wildman–Crippen MR) is 116 cm³/mol. The fraction of sp³-hybridized carbons (Fsp3) is 0.318. The van der Waals surface area contributed by atoms with Gasteiger partial charge < -0.3 is 25.5 Å². The number of nitrogens with zero attached hydrogens (tertiary/aromatic N) is 1. The number of anilines is 1. The lowest BCUT2D eigenvalue weighted by Gasteiger charge is -2.39. The van der Waals surface area contributed by atoms with Gasteiger partial charge in [-0.25, -0.2) is 5.84 Å². The normalized spacial score (nSPS) is 23.2. The zero-order chi connectivity index (χ0) is 21.3. The lowest BCUT2D eigenvalue weighted by Crippen LogP contribution is -2.53. The van der Waals surface area contributed by atoms with E-state index in [2.05, 4.69) is 5.32 Å². The number of nitrogens with two attached hydrogens (primary N) is 2. The number of hydrogen-bond acceptors (Lipinski definition) is 6. The molecule has 0 aliphatic carbocycles. The summed E-state index contributed by atoms with van der Waals surface area (Å²) in [4.78, 5) is 12.8. The van der Waals surface area contributed by atoms with Gasteiger partial charge in [-0.05, 0) is 48.7 Å². The van der Waals surface area contributed by atoms with Crippen molar-refractivity contribution in [3.05, 3.63) is 70.5 Å². The van der Waals surface area contributed by atoms with Crippen LogP contribution >= 0.6 is 11.6 Å². The van der Waals surface area contributed by atoms with Crippen LogP contribution in [0.15, 0.2) is 54.4 Å². The highest BCUT2D eigenvalue weighted by atomic mass is 35.5. The molecule has 8 heteroatoms. The Hall–Kier alpha value is -2.74. The van der Waals surface area contributed by atoms with Gasteiger partial charge in [0.1, 0.15) is 17.8 Å². The Labute approximate surface area is 180 Å². The lowest BCUT2D eigenvalue weighted by atomic mass is 9.75. The summed E-state index contributed by atoms with van der Waals surface area (Å²) in [6.07, 6.45) is 2.17. The van der Waals surface area contributed by atoms with Crippen molar-refractivity contribution in [2.75, 3.05) is 25.1 Å². The quantitative estimate of drug-likeness (QED) is 0.499. The second-order valence-corrected chi connectivity index (χ2v) is 8.24. The Morgan fingerprint density at radius 2 is 2.20 bits per heavy atom. The van der Waals surface area contributed by atoms with Crippen molar-refractivity contribution in [2.45, 2.75) is 24.8 Å². The van der Waals surface area contributed by atoms with E-state index < -0.39 is 5.41 Å². The van der Waals surface area contributed by atoms with E-state index in [0.717, 1.165) is 16.8 Å². The van der Waals surface area contributed by atoms with Crippen molar-refractivity contribution in [1.29, 1.82) is 0 Å². The Morgan fingerprint density at radius 3 is 3.00 bits per heavy atom. The third-order valence-electron chi connectivity index (χ3n) is 5.64. The van der Waals surface area contributed by atoms with Crippen LogP contribution in [-0.4, -0.2) is 36.8 Å². The van der Waals surface area contributed by atoms with E-state index in [9.17, 15) is 4.79 Å². The number of fused-ring (bicyclic) bond motifs is 2. The number of para-hydroxylation sites is 1. The highest BCUT2D eigenvalue weighted by Gasteiger charge is 2.50. The fourth-order valence-corrected chi connectivity index (χ4v) is 4.30. The van der Waals surface area contributed by atoms with E-state index in [-0.39, 0.29) is 18.6 Å². The first-order chi connectivity index (χ1) is 14.4. The molecule has 2 unspecified atom stereocenters. The minimum atomic E-state index is -0.739. The van der Waals surface area contributed by atoms with Gasteiger partial charge in [0.25, 0.3) is 0 Å². The van der Waals surface area contributed by atoms with Crippen LogP contribution in [0.2, 0.25) is 5.02 Å². The fourth-order valence-electron chi connectivity index (χ4n) is 4.07. The molecule has 0 saturated carbocycles. The number of ether oxygens (including phenoxy) is 2. The monoisotopic (exact) mass is 428 g/mol. The molecule has 1 fully saturated rings. The zero-order valence-electron chi connectivity index (χ0n) is 16.7. The highest BCUT2D eigenvalue weighted by Crippen LogP contribution is 2.43. The average molecular weight is 429 g/mol. The predicted octanol–water partition coefficient (Wildman–Crippen LogP) is 2.68. The highest BCUT2D eigenvalue weighted by molar-refractivity contribution is 6.30. The number of amides is 1. The van der Waals surface area contributed by atoms with Crippen LogP contribution < -0.4 is 21.6 Å². The Morgan fingerprint density at radius 1 is 1.40 bits per heavy atom. The average Bonchev–Trinajstić information content (AvgIpc) is 2.98. The second kappa shape index (κ2) is 8.18. The first-order valence-electron chi connectivity index (χ1n) is 9.76. The van der Waals surface area contributed by atoms with Crippen LogP contribution in [-0.2, 0) is 14.9 Å². The van der Waals surface area contributed by atoms with E-state index in [1.54, 1.807) is 18.3 Å². The topological polar surface area (TPSA) is 103 Å². The van der Waals surface area contributed by atoms with E-state index >= 15 is 0 Å². The summed E-state index contributed by atoms with van der Waals surface area (Å²) >= 11 is 5.97. The molecule has 4 rings (SSSR count). The molecule has 2 aliphatic rings. The van der Waals surface area contributed by atoms with Crippen LogP contribution in [0, 0.1) is 6.92 Å². The van der Waals surface area contributed by atoms with Crippen LogP contribution in [0.25, 0.3) is 0 Å². The maximum Gasteiger partial charge on any atom is 0.237 e. The lowest BCUT2D eigenvalue weighted by molar-refractivity contribution is -0.127. The molecular weight excluding hydrogens is 404 g/mol. The molecule has 2 aromatic rings. The molecule has 7 nitrogen and oxygen atoms in total. The standard InChI is InChI=1S/C22H25ClN4O3/c1-14-8-15(23)6-7-20(14)30-11-16(24)10-27(25)17-9-22(13-29-12-17)18-4-2-3-5-19(18)26-21(22)28/h2-8,10,17H,9,11-13,24-25H2,1H3,(H,26,28)/b16-10-. The first kappa shape index (κ1) is 20.5. The Kier molecular flexibility index (Phi) is 5.60. The maximum absolute atomic E-state index is 12.8. The summed E-state index contributed by atoms with van der Waals surface area (Å²) in [7, 11) is 0. The van der Waals surface area contributed by atoms with Gasteiger partial charge in [-0.1, -0.05) is 29.8 Å². The third-order valence-corrected chi connectivity index (χ3v) is 5.87. The molecule has 0 radical (unpaired) electrons. The van der Waals surface area contributed by atoms with Crippen LogP contribution in [0.5, 0.6) is 5.75 Å². The van der Waals surface area contributed by atoms with Crippen molar-refractivity contribution in [1.82, 2.24) is 5.01 Å². The van der Waals surface area contributed by atoms with Gasteiger partial charge in [0.05, 0.1) is 25.0 Å². The number of hydrogen-bond donors (Lipinski definition) is 3. The molecule has 30 heavy (non-hydrogen) atoms. The smallest absolute Gasteiger partial charge is 0.237 e. The number of nitrogens with one attached hydrogen (secondary N) is 1. The maximum atomic E-state index is 12.8. The van der Waals surface area contributed by atoms with Gasteiger partial charge >= 0.3 is 0 Å². The number of benzene rings is 2. The SMILES string of the molecule is Cc1cc(Cl)ccc1OC/C(N)=C/N(N)C1COCC2(C1)C(=O)Nc1ccccc12. The summed E-state index contributed by atoms with van der Waals surface area (Å²) in [5.74, 6) is 6.93. The third kappa shape index (κ3) is 3.84. The van der Waals surface area contributed by atoms with Gasteiger partial charge in [0, 0.05) is 16.9 Å². The number of carbonyl (C=O) groups excluding carboxylic acids is 1. The van der Waals surface area contributed by atoms with Gasteiger partial charge in [0.15, 0.2) is 0 Å². The van der Waals surface area contributed by atoms with Crippen LogP contribution in [0.4, 0.5) is 5.69 Å². The van der Waals surface area contributed by atoms with Crippen LogP contribution in [0.3, 0.4) is 0 Å². The molecule has 5 N–H and O–H groups in total. The molecule has 2 heterocycles. The summed E-state index contributed by atoms with van der Waals surface area (Å²) in [6.45, 7) is 2.84. The summed E-state index contributed by atoms with van der Waals surface area (Å²) in [6, 6.07) is 12.9. The van der Waals surface area contributed by atoms with Gasteiger partial charge in [0.2, 0.25) is 5.91 Å². The zero-order valence-corrected chi connectivity index (χ0v) is 17.5. The summed E-state index contributed by atoms with van der Waals surface area (Å²) in [5, 5.41) is 5.13. The van der Waals surface area contributed by atoms with Gasteiger partial charge in [-0.15, -0.1) is 0 Å². The molecule has 1 spiro atoms. The van der Waals surface area contributed by atoms with E-state index in [0.29, 0.717) is 36.1 Å². The molecule has 1 saturated heterocycles. The number of aryl methyl sites for hydroxylation is 1. The largest absolute Gasteiger partial charge is 0.487 e. The molecule has 1 amide bonds. The van der Waals surface area contributed by atoms with Crippen molar-refractivity contribution in [3.8, 4) is 5.75 Å². The Bertz CT molecular complexity index is 996. The molecule has 2 aromatic carbocycles. The Balaban J connectivity index is 1.44. The van der Waals surface area contributed by atoms with Crippen molar-refractivity contribution in [2.24, 2.45) is 11.6 Å². The molecule has 158 valence electrons. The molecular formula is C22H25ClN4O3. The summed E-state index contributed by atoms with van der Waals surface area (Å²) < 4.78 is 11.6. The van der Waals surface area contributed by atoms with Gasteiger partial charge in [-0.2, -0.15) is 0 Å². The van der Waals surface area contributed by atoms with Crippen molar-refractivity contribution >= 4 is 23.2 Å². The van der Waals surface area contributed by atoms with Crippen LogP contribution in [0.1, 0.15) is 17.5 Å². The molecule has 0 bridgehead atoms. The summed E-state index contributed by atoms with van der Waals surface area (Å²) in [5.41, 5.74) is 8.55. The minimum Gasteiger partial charge on any atom is -0.487 e. The van der Waals surface area contributed by atoms with Crippen molar-refractivity contribution < 1.29 is 14.3 Å². The van der Waals surface area contributed by atoms with Gasteiger partial charge in [-0.3, -0.25) is 4.79 Å². The van der Waals surface area contributed by atoms with E-state index in [1.807, 2.05) is 37.3 Å². The number of hydrazine groups is 1.